The third kappa shape index (κ3) is 3.09. The predicted molar refractivity (Wildman–Crippen MR) is 163 cm³/mol. The largest absolute Gasteiger partial charge is 1.00 e. The van der Waals surface area contributed by atoms with Gasteiger partial charge in [0.25, 0.3) is 0 Å². The molecule has 9 unspecified atom stereocenters. The average Bonchev–Trinajstić information content (AvgIpc) is 3.45. The Labute approximate surface area is 265 Å². The van der Waals surface area contributed by atoms with E-state index >= 15 is 0 Å². The first kappa shape index (κ1) is 32.5. The Kier molecular flexibility index (Phi) is 7.97. The van der Waals surface area contributed by atoms with E-state index in [1.54, 1.807) is 5.57 Å². The number of halogens is 2. The van der Waals surface area contributed by atoms with Crippen molar-refractivity contribution in [1.82, 2.24) is 0 Å². The Morgan fingerprint density at radius 2 is 1.23 bits per heavy atom. The number of allylic oxidation sites excluding steroid dienone is 16. The summed E-state index contributed by atoms with van der Waals surface area (Å²) in [5, 5.41) is 0. The maximum absolute atomic E-state index is 2.81. The molecule has 6 rings (SSSR count). The predicted octanol–water partition coefficient (Wildman–Crippen LogP) is 3.95. The first-order chi connectivity index (χ1) is 17.7. The van der Waals surface area contributed by atoms with E-state index in [9.17, 15) is 0 Å². The van der Waals surface area contributed by atoms with E-state index in [-0.39, 0.29) is 62.7 Å². The van der Waals surface area contributed by atoms with Gasteiger partial charge >= 0.3 is 242 Å². The smallest absolute Gasteiger partial charge is 1.00 e. The van der Waals surface area contributed by atoms with Crippen LogP contribution in [-0.2, 0) is 20.4 Å². The normalized spacial score (nSPS) is 48.4. The molecule has 0 spiro atoms. The molecule has 6 aliphatic rings. The van der Waals surface area contributed by atoms with Gasteiger partial charge in [0.15, 0.2) is 0 Å². The van der Waals surface area contributed by atoms with Gasteiger partial charge in [-0.15, -0.1) is 0 Å². The van der Waals surface area contributed by atoms with Crippen LogP contribution in [0.1, 0.15) is 61.8 Å². The van der Waals surface area contributed by atoms with Gasteiger partial charge in [-0.2, -0.15) is 0 Å². The maximum atomic E-state index is 2.81. The molecule has 2 fully saturated rings. The first-order valence-corrected chi connectivity index (χ1v) is 23.7. The Morgan fingerprint density at radius 3 is 1.75 bits per heavy atom. The van der Waals surface area contributed by atoms with E-state index in [1.165, 1.54) is 6.42 Å². The Balaban J connectivity index is 0.00000185. The minimum atomic E-state index is -2.11. The van der Waals surface area contributed by atoms with Gasteiger partial charge in [-0.3, -0.25) is 0 Å². The monoisotopic (exact) mass is 668 g/mol. The van der Waals surface area contributed by atoms with Crippen LogP contribution in [0.2, 0.25) is 16.7 Å². The zero-order valence-corrected chi connectivity index (χ0v) is 31.2. The van der Waals surface area contributed by atoms with Crippen LogP contribution < -0.4 is 24.8 Å². The average molecular weight is 671 g/mol. The molecule has 0 aliphatic heterocycles. The second kappa shape index (κ2) is 9.81. The fourth-order valence-corrected chi connectivity index (χ4v) is 33.5. The van der Waals surface area contributed by atoms with Crippen LogP contribution in [-0.4, -0.2) is 5.43 Å². The van der Waals surface area contributed by atoms with Crippen molar-refractivity contribution in [2.75, 3.05) is 0 Å². The van der Waals surface area contributed by atoms with Crippen LogP contribution in [0.25, 0.3) is 0 Å². The van der Waals surface area contributed by atoms with Crippen molar-refractivity contribution < 1.29 is 45.2 Å². The third-order valence-electron chi connectivity index (χ3n) is 14.5. The number of fused-ring (bicyclic) bond motifs is 8. The molecule has 0 radical (unpaired) electrons. The van der Waals surface area contributed by atoms with Gasteiger partial charge in [0.1, 0.15) is 0 Å². The zero-order valence-electron chi connectivity index (χ0n) is 26.2. The van der Waals surface area contributed by atoms with E-state index in [0.717, 1.165) is 3.63 Å². The molecule has 0 N–H and O–H groups in total. The molecule has 0 heterocycles. The standard InChI is InChI=1S/C29H37.C5H5.C2H6Si.2ClH.Zr/c1-21-14-13-15-22-20-27(6)25(4)18-10-9-16-23(25,2)24(3)17-11-12-19-26(24,5)29(27,8)28(21,22)7;1-2-4-5-3-1;1-3-2;;;/h9-20,22H,1-8H3;1-3H,4H2;1-2H3;2*1H;/q;;;;;+2/p-2. The zero-order chi connectivity index (χ0) is 27.6. The van der Waals surface area contributed by atoms with Gasteiger partial charge in [0.05, 0.1) is 0 Å². The molecule has 214 valence electrons. The first-order valence-electron chi connectivity index (χ1n) is 14.9. The SMILES string of the molecule is CC1=CC=CC2[CH]([Zr+2]([C]3=CC=CC3)=[Si](C)C)C3(C)C4(C)C=CC=CC4(C)C4(C)C=CC=CC4(C)C3(C)C12C.[Cl-].[Cl-]. The number of hydrogen-bond donors (Lipinski definition) is 0. The Morgan fingerprint density at radius 1 is 0.700 bits per heavy atom. The summed E-state index contributed by atoms with van der Waals surface area (Å²) in [7, 11) is 0. The molecule has 0 nitrogen and oxygen atoms in total. The molecule has 0 aromatic rings. The van der Waals surface area contributed by atoms with Crippen LogP contribution in [0, 0.1) is 43.8 Å². The minimum Gasteiger partial charge on any atom is -1.00 e. The Hall–Kier alpha value is -0.400. The summed E-state index contributed by atoms with van der Waals surface area (Å²) < 4.78 is 2.65. The van der Waals surface area contributed by atoms with Crippen molar-refractivity contribution in [2.24, 2.45) is 43.8 Å². The van der Waals surface area contributed by atoms with Gasteiger partial charge in [-0.05, 0) is 0 Å². The second-order valence-corrected chi connectivity index (χ2v) is 32.5. The summed E-state index contributed by atoms with van der Waals surface area (Å²) in [4.78, 5) is 0. The van der Waals surface area contributed by atoms with E-state index in [0.29, 0.717) is 5.92 Å². The van der Waals surface area contributed by atoms with Crippen molar-refractivity contribution in [2.45, 2.75) is 78.5 Å². The minimum absolute atomic E-state index is 0. The summed E-state index contributed by atoms with van der Waals surface area (Å²) in [6, 6.07) is 0. The van der Waals surface area contributed by atoms with E-state index in [4.69, 9.17) is 0 Å². The van der Waals surface area contributed by atoms with Gasteiger partial charge in [-0.1, -0.05) is 0 Å². The fraction of sp³-hybridized carbons (Fsp3) is 0.556. The molecule has 0 saturated heterocycles. The molecular formula is C36H48Cl2SiZr. The van der Waals surface area contributed by atoms with Crippen LogP contribution >= 0.6 is 0 Å². The number of hydrogen-bond acceptors (Lipinski definition) is 0. The second-order valence-electron chi connectivity index (χ2n) is 14.8. The van der Waals surface area contributed by atoms with Crippen molar-refractivity contribution in [3.05, 3.63) is 93.9 Å². The topological polar surface area (TPSA) is 0 Å². The van der Waals surface area contributed by atoms with Gasteiger partial charge in [0, 0.05) is 0 Å². The van der Waals surface area contributed by atoms with Crippen LogP contribution in [0.5, 0.6) is 0 Å². The molecule has 9 atom stereocenters. The quantitative estimate of drug-likeness (QED) is 0.391. The molecule has 40 heavy (non-hydrogen) atoms. The number of rotatable bonds is 2. The molecule has 4 heteroatoms. The van der Waals surface area contributed by atoms with Gasteiger partial charge in [-0.25, -0.2) is 0 Å². The molecule has 0 amide bonds. The van der Waals surface area contributed by atoms with Gasteiger partial charge < -0.3 is 24.8 Å². The Bertz CT molecular complexity index is 1400. The van der Waals surface area contributed by atoms with E-state index in [2.05, 4.69) is 154 Å². The van der Waals surface area contributed by atoms with E-state index in [1.807, 2.05) is 3.28 Å². The summed E-state index contributed by atoms with van der Waals surface area (Å²) >= 11 is -2.11. The van der Waals surface area contributed by atoms with E-state index < -0.39 is 25.8 Å². The van der Waals surface area contributed by atoms with Gasteiger partial charge in [0.2, 0.25) is 0 Å². The fourth-order valence-electron chi connectivity index (χ4n) is 11.7. The van der Waals surface area contributed by atoms with Crippen LogP contribution in [0.3, 0.4) is 0 Å². The van der Waals surface area contributed by atoms with Crippen LogP contribution in [0.4, 0.5) is 0 Å². The van der Waals surface area contributed by atoms with Crippen LogP contribution in [0.15, 0.2) is 93.9 Å². The van der Waals surface area contributed by atoms with Crippen molar-refractivity contribution in [3.63, 3.8) is 0 Å². The van der Waals surface area contributed by atoms with Crippen molar-refractivity contribution >= 4 is 5.43 Å². The molecule has 6 aliphatic carbocycles. The van der Waals surface area contributed by atoms with Crippen molar-refractivity contribution in [3.8, 4) is 0 Å². The molecule has 0 aromatic heterocycles. The summed E-state index contributed by atoms with van der Waals surface area (Å²) in [6.07, 6.45) is 36.4. The summed E-state index contributed by atoms with van der Waals surface area (Å²) in [6.45, 7) is 26.7. The molecular weight excluding hydrogens is 623 g/mol. The maximum Gasteiger partial charge on any atom is -1.00 e. The third-order valence-corrected chi connectivity index (χ3v) is 33.7. The molecule has 2 saturated carbocycles. The van der Waals surface area contributed by atoms with Crippen molar-refractivity contribution in [1.29, 1.82) is 0 Å². The summed E-state index contributed by atoms with van der Waals surface area (Å²) in [5.41, 5.74) is 1.49. The summed E-state index contributed by atoms with van der Waals surface area (Å²) in [5.74, 6) is 0.595. The molecule has 0 bridgehead atoms. The molecule has 0 aromatic carbocycles.